The van der Waals surface area contributed by atoms with E-state index >= 15 is 0 Å². The van der Waals surface area contributed by atoms with Gasteiger partial charge in [0.05, 0.1) is 6.10 Å². The number of ether oxygens (including phenoxy) is 1. The molecule has 0 aromatic carbocycles. The van der Waals surface area contributed by atoms with Crippen molar-refractivity contribution in [3.8, 4) is 0 Å². The van der Waals surface area contributed by atoms with Crippen LogP contribution in [0.5, 0.6) is 0 Å². The highest BCUT2D eigenvalue weighted by Gasteiger charge is 2.13. The van der Waals surface area contributed by atoms with Crippen LogP contribution in [0.25, 0.3) is 0 Å². The van der Waals surface area contributed by atoms with E-state index in [1.807, 2.05) is 11.3 Å². The van der Waals surface area contributed by atoms with E-state index in [2.05, 4.69) is 22.8 Å². The van der Waals surface area contributed by atoms with E-state index in [1.165, 1.54) is 37.0 Å². The van der Waals surface area contributed by atoms with E-state index < -0.39 is 0 Å². The van der Waals surface area contributed by atoms with Gasteiger partial charge < -0.3 is 10.1 Å². The van der Waals surface area contributed by atoms with Crippen LogP contribution in [-0.4, -0.2) is 25.8 Å². The van der Waals surface area contributed by atoms with Gasteiger partial charge in [-0.3, -0.25) is 0 Å². The third kappa shape index (κ3) is 4.24. The van der Waals surface area contributed by atoms with Crippen molar-refractivity contribution in [3.05, 3.63) is 22.4 Å². The Morgan fingerprint density at radius 1 is 1.44 bits per heavy atom. The van der Waals surface area contributed by atoms with Gasteiger partial charge in [0.2, 0.25) is 0 Å². The van der Waals surface area contributed by atoms with Crippen molar-refractivity contribution in [1.29, 1.82) is 0 Å². The van der Waals surface area contributed by atoms with Crippen LogP contribution in [0.2, 0.25) is 0 Å². The van der Waals surface area contributed by atoms with Crippen LogP contribution in [0.15, 0.2) is 17.5 Å². The molecule has 16 heavy (non-hydrogen) atoms. The second-order valence-electron chi connectivity index (χ2n) is 4.38. The minimum absolute atomic E-state index is 0.484. The minimum atomic E-state index is 0.484. The first-order valence-electron chi connectivity index (χ1n) is 6.30. The fourth-order valence-corrected chi connectivity index (χ4v) is 2.82. The van der Waals surface area contributed by atoms with Crippen LogP contribution >= 0.6 is 11.3 Å². The van der Waals surface area contributed by atoms with Gasteiger partial charge in [-0.1, -0.05) is 6.07 Å². The van der Waals surface area contributed by atoms with E-state index in [0.29, 0.717) is 6.10 Å². The number of hydrogen-bond donors (Lipinski definition) is 1. The molecule has 2 nitrogen and oxygen atoms in total. The van der Waals surface area contributed by atoms with Crippen LogP contribution in [0.4, 0.5) is 0 Å². The van der Waals surface area contributed by atoms with Crippen LogP contribution in [-0.2, 0) is 11.2 Å². The highest BCUT2D eigenvalue weighted by atomic mass is 32.1. The molecule has 3 heteroatoms. The molecule has 1 aliphatic rings. The Hall–Kier alpha value is -0.380. The van der Waals surface area contributed by atoms with Gasteiger partial charge in [0.1, 0.15) is 0 Å². The van der Waals surface area contributed by atoms with Gasteiger partial charge in [0.15, 0.2) is 0 Å². The van der Waals surface area contributed by atoms with Crippen LogP contribution in [0.1, 0.15) is 30.6 Å². The van der Waals surface area contributed by atoms with E-state index in [9.17, 15) is 0 Å². The molecule has 0 saturated carbocycles. The molecule has 1 aromatic rings. The molecule has 1 aromatic heterocycles. The van der Waals surface area contributed by atoms with Crippen molar-refractivity contribution < 1.29 is 4.74 Å². The minimum Gasteiger partial charge on any atom is -0.377 e. The highest BCUT2D eigenvalue weighted by molar-refractivity contribution is 7.09. The fourth-order valence-electron chi connectivity index (χ4n) is 2.07. The molecule has 0 bridgehead atoms. The van der Waals surface area contributed by atoms with E-state index in [4.69, 9.17) is 4.74 Å². The highest BCUT2D eigenvalue weighted by Crippen LogP contribution is 2.12. The number of aryl methyl sites for hydroxylation is 1. The second kappa shape index (κ2) is 7.05. The number of nitrogens with one attached hydrogen (secondary N) is 1. The Kier molecular flexibility index (Phi) is 5.32. The Morgan fingerprint density at radius 3 is 3.19 bits per heavy atom. The van der Waals surface area contributed by atoms with Crippen molar-refractivity contribution in [2.75, 3.05) is 19.7 Å². The number of rotatable bonds is 7. The Morgan fingerprint density at radius 2 is 2.44 bits per heavy atom. The third-order valence-corrected chi connectivity index (χ3v) is 3.94. The summed E-state index contributed by atoms with van der Waals surface area (Å²) in [5.41, 5.74) is 0. The molecule has 1 atom stereocenters. The Balaban J connectivity index is 1.43. The Labute approximate surface area is 102 Å². The molecule has 2 heterocycles. The standard InChI is InChI=1S/C13H21NOS/c1(6-13-7-4-10-16-13)2-8-14-11-12-5-3-9-15-12/h4,7,10,12,14H,1-3,5-6,8-9,11H2. The molecular formula is C13H21NOS. The predicted molar refractivity (Wildman–Crippen MR) is 69.1 cm³/mol. The lowest BCUT2D eigenvalue weighted by Gasteiger charge is -2.10. The summed E-state index contributed by atoms with van der Waals surface area (Å²) in [5.74, 6) is 0. The first-order chi connectivity index (χ1) is 7.95. The maximum absolute atomic E-state index is 5.56. The lowest BCUT2D eigenvalue weighted by atomic mass is 10.2. The molecular weight excluding hydrogens is 218 g/mol. The summed E-state index contributed by atoms with van der Waals surface area (Å²) in [7, 11) is 0. The summed E-state index contributed by atoms with van der Waals surface area (Å²) in [6.07, 6.45) is 6.76. The summed E-state index contributed by atoms with van der Waals surface area (Å²) in [5, 5.41) is 5.64. The molecule has 1 unspecified atom stereocenters. The van der Waals surface area contributed by atoms with E-state index in [0.717, 1.165) is 19.7 Å². The van der Waals surface area contributed by atoms with Crippen molar-refractivity contribution in [2.24, 2.45) is 0 Å². The SMILES string of the molecule is c1csc(CCCCNCC2CCCO2)c1. The topological polar surface area (TPSA) is 21.3 Å². The summed E-state index contributed by atoms with van der Waals surface area (Å²) in [6.45, 7) is 3.13. The maximum Gasteiger partial charge on any atom is 0.0700 e. The maximum atomic E-state index is 5.56. The molecule has 0 aliphatic carbocycles. The average molecular weight is 239 g/mol. The zero-order chi connectivity index (χ0) is 11.1. The van der Waals surface area contributed by atoms with Crippen molar-refractivity contribution in [1.82, 2.24) is 5.32 Å². The van der Waals surface area contributed by atoms with Gasteiger partial charge in [-0.15, -0.1) is 11.3 Å². The molecule has 0 radical (unpaired) electrons. The smallest absolute Gasteiger partial charge is 0.0700 e. The van der Waals surface area contributed by atoms with Gasteiger partial charge in [-0.25, -0.2) is 0 Å². The molecule has 2 rings (SSSR count). The number of unbranched alkanes of at least 4 members (excludes halogenated alkanes) is 1. The summed E-state index contributed by atoms with van der Waals surface area (Å²) < 4.78 is 5.56. The fraction of sp³-hybridized carbons (Fsp3) is 0.692. The second-order valence-corrected chi connectivity index (χ2v) is 5.41. The lowest BCUT2D eigenvalue weighted by molar-refractivity contribution is 0.110. The van der Waals surface area contributed by atoms with E-state index in [1.54, 1.807) is 0 Å². The monoisotopic (exact) mass is 239 g/mol. The number of thiophene rings is 1. The van der Waals surface area contributed by atoms with Gasteiger partial charge >= 0.3 is 0 Å². The normalized spacial score (nSPS) is 20.4. The molecule has 1 N–H and O–H groups in total. The van der Waals surface area contributed by atoms with Crippen molar-refractivity contribution >= 4 is 11.3 Å². The number of hydrogen-bond acceptors (Lipinski definition) is 3. The van der Waals surface area contributed by atoms with Crippen LogP contribution in [0.3, 0.4) is 0 Å². The summed E-state index contributed by atoms with van der Waals surface area (Å²) >= 11 is 1.87. The van der Waals surface area contributed by atoms with Gasteiger partial charge in [0.25, 0.3) is 0 Å². The predicted octanol–water partition coefficient (Wildman–Crippen LogP) is 2.84. The third-order valence-electron chi connectivity index (χ3n) is 3.00. The lowest BCUT2D eigenvalue weighted by Crippen LogP contribution is -2.27. The molecule has 90 valence electrons. The van der Waals surface area contributed by atoms with Gasteiger partial charge in [-0.2, -0.15) is 0 Å². The molecule has 0 amide bonds. The zero-order valence-electron chi connectivity index (χ0n) is 9.78. The Bertz CT molecular complexity index is 267. The van der Waals surface area contributed by atoms with Gasteiger partial charge in [0, 0.05) is 18.0 Å². The van der Waals surface area contributed by atoms with Crippen molar-refractivity contribution in [2.45, 2.75) is 38.2 Å². The van der Waals surface area contributed by atoms with Crippen molar-refractivity contribution in [3.63, 3.8) is 0 Å². The molecule has 1 aliphatic heterocycles. The first-order valence-corrected chi connectivity index (χ1v) is 7.18. The summed E-state index contributed by atoms with van der Waals surface area (Å²) in [6, 6.07) is 4.36. The van der Waals surface area contributed by atoms with Gasteiger partial charge in [-0.05, 0) is 50.1 Å². The van der Waals surface area contributed by atoms with Crippen LogP contribution < -0.4 is 5.32 Å². The van der Waals surface area contributed by atoms with Crippen LogP contribution in [0, 0.1) is 0 Å². The molecule has 1 saturated heterocycles. The molecule has 0 spiro atoms. The quantitative estimate of drug-likeness (QED) is 0.739. The van der Waals surface area contributed by atoms with E-state index in [-0.39, 0.29) is 0 Å². The first kappa shape index (κ1) is 12.1. The zero-order valence-corrected chi connectivity index (χ0v) is 10.6. The largest absolute Gasteiger partial charge is 0.377 e. The average Bonchev–Trinajstić information content (AvgIpc) is 2.96. The summed E-state index contributed by atoms with van der Waals surface area (Å²) in [4.78, 5) is 1.51. The molecule has 1 fully saturated rings.